The van der Waals surface area contributed by atoms with Gasteiger partial charge in [0.25, 0.3) is 0 Å². The molecular formula is C14H18ClN3. The van der Waals surface area contributed by atoms with Crippen LogP contribution in [0.4, 0.5) is 0 Å². The molecule has 1 aliphatic rings. The number of piperidine rings is 1. The fraction of sp³-hybridized carbons (Fsp3) is 0.500. The second-order valence-corrected chi connectivity index (χ2v) is 5.18. The molecule has 4 heteroatoms. The van der Waals surface area contributed by atoms with Crippen molar-refractivity contribution in [2.75, 3.05) is 19.6 Å². The van der Waals surface area contributed by atoms with E-state index in [9.17, 15) is 0 Å². The summed E-state index contributed by atoms with van der Waals surface area (Å²) < 4.78 is 0. The zero-order valence-electron chi connectivity index (χ0n) is 10.4. The molecule has 1 fully saturated rings. The third-order valence-corrected chi connectivity index (χ3v) is 3.55. The minimum atomic E-state index is 0.444. The first-order valence-corrected chi connectivity index (χ1v) is 6.73. The normalized spacial score (nSPS) is 20.6. The van der Waals surface area contributed by atoms with Gasteiger partial charge in [-0.05, 0) is 37.1 Å². The maximum atomic E-state index is 8.59. The fourth-order valence-corrected chi connectivity index (χ4v) is 2.53. The van der Waals surface area contributed by atoms with Crippen molar-refractivity contribution in [2.24, 2.45) is 0 Å². The SMILES string of the molecule is N#CCNC1CCCN(Cc2ccc(Cl)cc2)C1. The Hall–Kier alpha value is -1.08. The highest BCUT2D eigenvalue weighted by Gasteiger charge is 2.19. The second-order valence-electron chi connectivity index (χ2n) is 4.74. The van der Waals surface area contributed by atoms with Gasteiger partial charge in [0.2, 0.25) is 0 Å². The van der Waals surface area contributed by atoms with Crippen molar-refractivity contribution >= 4 is 11.6 Å². The van der Waals surface area contributed by atoms with Crippen LogP contribution < -0.4 is 5.32 Å². The first-order valence-electron chi connectivity index (χ1n) is 6.35. The van der Waals surface area contributed by atoms with E-state index in [4.69, 9.17) is 16.9 Å². The van der Waals surface area contributed by atoms with Gasteiger partial charge in [0.05, 0.1) is 12.6 Å². The van der Waals surface area contributed by atoms with Crippen molar-refractivity contribution in [1.29, 1.82) is 5.26 Å². The Kier molecular flexibility index (Phi) is 5.00. The number of hydrogen-bond acceptors (Lipinski definition) is 3. The summed E-state index contributed by atoms with van der Waals surface area (Å²) in [5.41, 5.74) is 1.29. The van der Waals surface area contributed by atoms with Crippen molar-refractivity contribution in [2.45, 2.75) is 25.4 Å². The third-order valence-electron chi connectivity index (χ3n) is 3.29. The highest BCUT2D eigenvalue weighted by molar-refractivity contribution is 6.30. The minimum Gasteiger partial charge on any atom is -0.300 e. The molecule has 1 aromatic carbocycles. The maximum Gasteiger partial charge on any atom is 0.0843 e. The van der Waals surface area contributed by atoms with Crippen LogP contribution in [0.3, 0.4) is 0 Å². The largest absolute Gasteiger partial charge is 0.300 e. The molecule has 1 atom stereocenters. The molecular weight excluding hydrogens is 246 g/mol. The van der Waals surface area contributed by atoms with Crippen molar-refractivity contribution in [3.63, 3.8) is 0 Å². The van der Waals surface area contributed by atoms with Crippen LogP contribution in [-0.2, 0) is 6.54 Å². The fourth-order valence-electron chi connectivity index (χ4n) is 2.40. The van der Waals surface area contributed by atoms with Crippen LogP contribution in [0, 0.1) is 11.3 Å². The molecule has 1 aromatic rings. The molecule has 0 spiro atoms. The van der Waals surface area contributed by atoms with E-state index in [1.54, 1.807) is 0 Å². The summed E-state index contributed by atoms with van der Waals surface area (Å²) in [5.74, 6) is 0. The zero-order valence-corrected chi connectivity index (χ0v) is 11.2. The van der Waals surface area contributed by atoms with Crippen LogP contribution in [0.1, 0.15) is 18.4 Å². The minimum absolute atomic E-state index is 0.444. The molecule has 1 saturated heterocycles. The molecule has 0 aromatic heterocycles. The summed E-state index contributed by atoms with van der Waals surface area (Å²) in [6, 6.07) is 10.6. The van der Waals surface area contributed by atoms with E-state index in [0.29, 0.717) is 12.6 Å². The molecule has 0 amide bonds. The Balaban J connectivity index is 1.85. The maximum absolute atomic E-state index is 8.59. The van der Waals surface area contributed by atoms with E-state index in [0.717, 1.165) is 24.7 Å². The van der Waals surface area contributed by atoms with E-state index < -0.39 is 0 Å². The van der Waals surface area contributed by atoms with E-state index in [-0.39, 0.29) is 0 Å². The summed E-state index contributed by atoms with van der Waals surface area (Å²) >= 11 is 5.88. The van der Waals surface area contributed by atoms with Gasteiger partial charge in [-0.2, -0.15) is 5.26 Å². The van der Waals surface area contributed by atoms with Crippen molar-refractivity contribution in [1.82, 2.24) is 10.2 Å². The molecule has 18 heavy (non-hydrogen) atoms. The lowest BCUT2D eigenvalue weighted by molar-refractivity contribution is 0.186. The molecule has 2 rings (SSSR count). The van der Waals surface area contributed by atoms with Crippen LogP contribution in [0.5, 0.6) is 0 Å². The Bertz CT molecular complexity index is 410. The number of nitrogens with one attached hydrogen (secondary N) is 1. The average molecular weight is 264 g/mol. The van der Waals surface area contributed by atoms with Crippen molar-refractivity contribution in [3.8, 4) is 6.07 Å². The lowest BCUT2D eigenvalue weighted by Crippen LogP contribution is -2.45. The van der Waals surface area contributed by atoms with Crippen LogP contribution in [0.2, 0.25) is 5.02 Å². The number of nitrogens with zero attached hydrogens (tertiary/aromatic N) is 2. The highest BCUT2D eigenvalue weighted by Crippen LogP contribution is 2.15. The predicted molar refractivity (Wildman–Crippen MR) is 73.4 cm³/mol. The van der Waals surface area contributed by atoms with Crippen molar-refractivity contribution in [3.05, 3.63) is 34.9 Å². The van der Waals surface area contributed by atoms with Gasteiger partial charge in [0.1, 0.15) is 0 Å². The van der Waals surface area contributed by atoms with Crippen molar-refractivity contribution < 1.29 is 0 Å². The van der Waals surface area contributed by atoms with Gasteiger partial charge in [-0.1, -0.05) is 23.7 Å². The van der Waals surface area contributed by atoms with Gasteiger partial charge in [-0.15, -0.1) is 0 Å². The van der Waals surface area contributed by atoms with Crippen LogP contribution in [0.25, 0.3) is 0 Å². The number of nitriles is 1. The summed E-state index contributed by atoms with van der Waals surface area (Å²) in [6.45, 7) is 3.55. The molecule has 3 nitrogen and oxygen atoms in total. The first kappa shape index (κ1) is 13.4. The predicted octanol–water partition coefficient (Wildman–Crippen LogP) is 2.42. The number of benzene rings is 1. The highest BCUT2D eigenvalue weighted by atomic mass is 35.5. The molecule has 0 aliphatic carbocycles. The number of halogens is 1. The van der Waals surface area contributed by atoms with Crippen LogP contribution in [0.15, 0.2) is 24.3 Å². The third kappa shape index (κ3) is 3.99. The standard InChI is InChI=1S/C14H18ClN3/c15-13-5-3-12(4-6-13)10-18-9-1-2-14(11-18)17-8-7-16/h3-6,14,17H,1-2,8-11H2. The summed E-state index contributed by atoms with van der Waals surface area (Å²) in [6.07, 6.45) is 2.36. The Morgan fingerprint density at radius 3 is 2.89 bits per heavy atom. The first-order chi connectivity index (χ1) is 8.78. The monoisotopic (exact) mass is 263 g/mol. The van der Waals surface area contributed by atoms with E-state index in [2.05, 4.69) is 28.4 Å². The van der Waals surface area contributed by atoms with E-state index in [1.807, 2.05) is 12.1 Å². The Morgan fingerprint density at radius 1 is 1.39 bits per heavy atom. The Labute approximate surface area is 113 Å². The van der Waals surface area contributed by atoms with Gasteiger partial charge in [-0.25, -0.2) is 0 Å². The van der Waals surface area contributed by atoms with E-state index >= 15 is 0 Å². The molecule has 96 valence electrons. The van der Waals surface area contributed by atoms with Gasteiger partial charge in [0.15, 0.2) is 0 Å². The average Bonchev–Trinajstić information content (AvgIpc) is 2.40. The topological polar surface area (TPSA) is 39.1 Å². The summed E-state index contributed by atoms with van der Waals surface area (Å²) in [5, 5.41) is 12.6. The Morgan fingerprint density at radius 2 is 2.17 bits per heavy atom. The molecule has 0 saturated carbocycles. The molecule has 0 bridgehead atoms. The van der Waals surface area contributed by atoms with E-state index in [1.165, 1.54) is 18.4 Å². The van der Waals surface area contributed by atoms with Crippen LogP contribution in [-0.4, -0.2) is 30.6 Å². The lowest BCUT2D eigenvalue weighted by Gasteiger charge is -2.32. The molecule has 0 radical (unpaired) electrons. The summed E-state index contributed by atoms with van der Waals surface area (Å²) in [7, 11) is 0. The molecule has 1 N–H and O–H groups in total. The van der Waals surface area contributed by atoms with Gasteiger partial charge in [0, 0.05) is 24.2 Å². The van der Waals surface area contributed by atoms with Gasteiger partial charge in [-0.3, -0.25) is 4.90 Å². The number of hydrogen-bond donors (Lipinski definition) is 1. The molecule has 1 unspecified atom stereocenters. The lowest BCUT2D eigenvalue weighted by atomic mass is 10.0. The smallest absolute Gasteiger partial charge is 0.0843 e. The molecule has 1 aliphatic heterocycles. The van der Waals surface area contributed by atoms with Crippen LogP contribution >= 0.6 is 11.6 Å². The second kappa shape index (κ2) is 6.75. The van der Waals surface area contributed by atoms with Gasteiger partial charge < -0.3 is 5.32 Å². The van der Waals surface area contributed by atoms with Gasteiger partial charge >= 0.3 is 0 Å². The quantitative estimate of drug-likeness (QED) is 0.848. The zero-order chi connectivity index (χ0) is 12.8. The number of likely N-dealkylation sites (tertiary alicyclic amines) is 1. The number of rotatable bonds is 4. The summed E-state index contributed by atoms with van der Waals surface area (Å²) in [4.78, 5) is 2.43. The molecule has 1 heterocycles.